The van der Waals surface area contributed by atoms with Gasteiger partial charge in [-0.2, -0.15) is 0 Å². The lowest BCUT2D eigenvalue weighted by Crippen LogP contribution is -2.21. The van der Waals surface area contributed by atoms with E-state index in [9.17, 15) is 9.59 Å². The van der Waals surface area contributed by atoms with Crippen LogP contribution in [0.5, 0.6) is 0 Å². The number of rotatable bonds is 3. The predicted molar refractivity (Wildman–Crippen MR) is 233 cm³/mol. The van der Waals surface area contributed by atoms with E-state index in [0.717, 1.165) is 53.9 Å². The molecular formula is C52H34O4. The second-order valence-corrected chi connectivity index (χ2v) is 15.3. The van der Waals surface area contributed by atoms with Gasteiger partial charge in [-0.25, -0.2) is 0 Å². The number of hydrogen-bond donors (Lipinski definition) is 0. The maximum Gasteiger partial charge on any atom is 0.232 e. The van der Waals surface area contributed by atoms with Crippen LogP contribution in [-0.2, 0) is 19.1 Å². The summed E-state index contributed by atoms with van der Waals surface area (Å²) in [6, 6.07) is 46.6. The monoisotopic (exact) mass is 722 g/mol. The zero-order valence-electron chi connectivity index (χ0n) is 31.3. The number of aryl methyl sites for hydroxylation is 2. The van der Waals surface area contributed by atoms with Crippen LogP contribution in [0.25, 0.3) is 103 Å². The molecular weight excluding hydrogens is 689 g/mol. The largest absolute Gasteiger partial charge is 0.490 e. The fourth-order valence-electron chi connectivity index (χ4n) is 9.15. The lowest BCUT2D eigenvalue weighted by molar-refractivity contribution is -0.119. The topological polar surface area (TPSA) is 52.6 Å². The van der Waals surface area contributed by atoms with Gasteiger partial charge in [-0.05, 0) is 201 Å². The third-order valence-electron chi connectivity index (χ3n) is 12.2. The molecule has 0 unspecified atom stereocenters. The summed E-state index contributed by atoms with van der Waals surface area (Å²) in [7, 11) is 2.78. The molecule has 11 rings (SSSR count). The number of fused-ring (bicyclic) bond motifs is 10. The highest BCUT2D eigenvalue weighted by Gasteiger charge is 2.33. The van der Waals surface area contributed by atoms with Gasteiger partial charge < -0.3 is 9.47 Å². The summed E-state index contributed by atoms with van der Waals surface area (Å²) in [6.07, 6.45) is 1.41. The first-order valence-electron chi connectivity index (χ1n) is 18.9. The maximum absolute atomic E-state index is 14.2. The van der Waals surface area contributed by atoms with Crippen molar-refractivity contribution in [3.05, 3.63) is 162 Å². The molecule has 1 aliphatic carbocycles. The van der Waals surface area contributed by atoms with E-state index >= 15 is 0 Å². The Kier molecular flexibility index (Phi) is 6.79. The molecule has 0 fully saturated rings. The summed E-state index contributed by atoms with van der Waals surface area (Å²) in [5.41, 5.74) is 3.45. The van der Waals surface area contributed by atoms with Crippen molar-refractivity contribution >= 4 is 114 Å². The van der Waals surface area contributed by atoms with Gasteiger partial charge >= 0.3 is 0 Å². The third-order valence-corrected chi connectivity index (χ3v) is 12.2. The minimum atomic E-state index is -0.399. The number of ketones is 2. The van der Waals surface area contributed by atoms with Crippen molar-refractivity contribution < 1.29 is 19.1 Å². The summed E-state index contributed by atoms with van der Waals surface area (Å²) in [5, 5.41) is 20.2. The molecule has 0 radical (unpaired) electrons. The van der Waals surface area contributed by atoms with Crippen molar-refractivity contribution in [2.24, 2.45) is 0 Å². The van der Waals surface area contributed by atoms with Crippen molar-refractivity contribution in [1.82, 2.24) is 0 Å². The molecule has 0 amide bonds. The Balaban J connectivity index is 1.18. The number of methoxy groups -OCH3 is 2. The summed E-state index contributed by atoms with van der Waals surface area (Å²) in [6.45, 7) is 4.28. The zero-order valence-corrected chi connectivity index (χ0v) is 31.3. The van der Waals surface area contributed by atoms with E-state index < -0.39 is 5.78 Å². The van der Waals surface area contributed by atoms with Crippen molar-refractivity contribution in [2.45, 2.75) is 13.8 Å². The Morgan fingerprint density at radius 3 is 1.38 bits per heavy atom. The molecule has 56 heavy (non-hydrogen) atoms. The highest BCUT2D eigenvalue weighted by atomic mass is 16.5. The van der Waals surface area contributed by atoms with Crippen LogP contribution in [0, 0.1) is 13.8 Å². The van der Waals surface area contributed by atoms with Gasteiger partial charge in [0.1, 0.15) is 0 Å². The second-order valence-electron chi connectivity index (χ2n) is 15.3. The molecule has 10 aromatic carbocycles. The van der Waals surface area contributed by atoms with Gasteiger partial charge in [-0.3, -0.25) is 9.59 Å². The summed E-state index contributed by atoms with van der Waals surface area (Å²) in [4.78, 5) is 27.7. The quantitative estimate of drug-likeness (QED) is 0.103. The number of allylic oxidation sites excluding steroid dienone is 2. The van der Waals surface area contributed by atoms with Crippen LogP contribution in [0.4, 0.5) is 0 Å². The fourth-order valence-corrected chi connectivity index (χ4v) is 9.15. The number of benzene rings is 10. The fraction of sp³-hybridized carbons (Fsp3) is 0.0769. The molecule has 0 saturated heterocycles. The minimum absolute atomic E-state index is 0.0825. The highest BCUT2D eigenvalue weighted by molar-refractivity contribution is 6.40. The molecule has 4 nitrogen and oxygen atoms in total. The lowest BCUT2D eigenvalue weighted by atomic mass is 9.84. The van der Waals surface area contributed by atoms with Gasteiger partial charge in [-0.1, -0.05) is 48.5 Å². The molecule has 0 N–H and O–H groups in total. The predicted octanol–water partition coefficient (Wildman–Crippen LogP) is 12.7. The molecule has 4 heteroatoms. The minimum Gasteiger partial charge on any atom is -0.490 e. The van der Waals surface area contributed by atoms with Crippen LogP contribution in [-0.4, -0.2) is 25.8 Å². The Labute approximate surface area is 321 Å². The van der Waals surface area contributed by atoms with E-state index in [4.69, 9.17) is 9.47 Å². The Hall–Kier alpha value is -7.04. The standard InChI is InChI=1S/C52H34O4/c1-27-9-10-32-21-45-40(24-42(32)28(27)2)20-41-25-44-33(22-46(41)49(45)47-26-48(53)51(55-3)52(56-4)50(47)54)12-11-31-15-36-18-37-16-34-13-29-7-5-6-8-30(29)14-35(34)17-38(37)19-39(36)23-43(31)44/h5-26H,1-4H3. The van der Waals surface area contributed by atoms with Crippen LogP contribution in [0.15, 0.2) is 145 Å². The van der Waals surface area contributed by atoms with Crippen molar-refractivity contribution in [1.29, 1.82) is 0 Å². The molecule has 0 saturated carbocycles. The van der Waals surface area contributed by atoms with Crippen molar-refractivity contribution in [3.8, 4) is 0 Å². The van der Waals surface area contributed by atoms with E-state index in [2.05, 4.69) is 141 Å². The molecule has 0 aliphatic heterocycles. The Morgan fingerprint density at radius 1 is 0.393 bits per heavy atom. The number of ether oxygens (including phenoxy) is 2. The molecule has 1 aliphatic rings. The SMILES string of the molecule is COC1=C(OC)C(=O)C(c2c3cc4ccc(C)c(C)c4cc3cc3cc4c(ccc5cc6cc7cc8cc9ccccc9cc8cc7cc6cc54)cc23)=CC1=O. The van der Waals surface area contributed by atoms with Crippen LogP contribution in [0.1, 0.15) is 16.7 Å². The molecule has 266 valence electrons. The number of hydrogen-bond acceptors (Lipinski definition) is 4. The van der Waals surface area contributed by atoms with Crippen LogP contribution in [0.3, 0.4) is 0 Å². The van der Waals surface area contributed by atoms with Gasteiger partial charge in [0.05, 0.1) is 14.2 Å². The van der Waals surface area contributed by atoms with E-state index in [1.165, 1.54) is 74.5 Å². The molecule has 0 spiro atoms. The summed E-state index contributed by atoms with van der Waals surface area (Å²) in [5.74, 6) is -0.944. The van der Waals surface area contributed by atoms with Crippen molar-refractivity contribution in [3.63, 3.8) is 0 Å². The second kappa shape index (κ2) is 11.7. The average Bonchev–Trinajstić information content (AvgIpc) is 3.20. The Morgan fingerprint density at radius 2 is 0.804 bits per heavy atom. The smallest absolute Gasteiger partial charge is 0.232 e. The van der Waals surface area contributed by atoms with E-state index in [0.29, 0.717) is 11.1 Å². The van der Waals surface area contributed by atoms with Gasteiger partial charge in [0.2, 0.25) is 23.1 Å². The van der Waals surface area contributed by atoms with Gasteiger partial charge in [0.15, 0.2) is 0 Å². The number of Topliss-reactive ketones (excluding diaryl/α,β-unsaturated/α-hetero) is 1. The molecule has 0 aromatic heterocycles. The van der Waals surface area contributed by atoms with E-state index in [1.54, 1.807) is 0 Å². The lowest BCUT2D eigenvalue weighted by Gasteiger charge is -2.21. The molecule has 0 heterocycles. The third kappa shape index (κ3) is 4.66. The van der Waals surface area contributed by atoms with Gasteiger partial charge in [0.25, 0.3) is 0 Å². The van der Waals surface area contributed by atoms with Crippen LogP contribution < -0.4 is 0 Å². The van der Waals surface area contributed by atoms with E-state index in [1.807, 2.05) is 0 Å². The Bertz CT molecular complexity index is 3550. The number of carbonyl (C=O) groups is 2. The molecule has 0 bridgehead atoms. The van der Waals surface area contributed by atoms with Crippen LogP contribution in [0.2, 0.25) is 0 Å². The summed E-state index contributed by atoms with van der Waals surface area (Å²) >= 11 is 0. The first kappa shape index (κ1) is 32.4. The van der Waals surface area contributed by atoms with Gasteiger partial charge in [-0.15, -0.1) is 0 Å². The maximum atomic E-state index is 14.2. The molecule has 10 aromatic rings. The van der Waals surface area contributed by atoms with Crippen molar-refractivity contribution in [2.75, 3.05) is 14.2 Å². The van der Waals surface area contributed by atoms with E-state index in [-0.39, 0.29) is 17.3 Å². The highest BCUT2D eigenvalue weighted by Crippen LogP contribution is 2.42. The first-order valence-corrected chi connectivity index (χ1v) is 18.9. The summed E-state index contributed by atoms with van der Waals surface area (Å²) < 4.78 is 10.9. The normalized spacial score (nSPS) is 13.8. The first-order chi connectivity index (χ1) is 27.3. The van der Waals surface area contributed by atoms with Gasteiger partial charge in [0, 0.05) is 17.2 Å². The number of carbonyl (C=O) groups excluding carboxylic acids is 2. The zero-order chi connectivity index (χ0) is 38.0. The average molecular weight is 723 g/mol. The van der Waals surface area contributed by atoms with Crippen LogP contribution >= 0.6 is 0 Å². The molecule has 0 atom stereocenters.